The Balaban J connectivity index is 1.19. The molecule has 2 aromatic carbocycles. The Bertz CT molecular complexity index is 2110. The maximum absolute atomic E-state index is 14.2. The van der Waals surface area contributed by atoms with Crippen molar-refractivity contribution in [2.75, 3.05) is 45.1 Å². The summed E-state index contributed by atoms with van der Waals surface area (Å²) in [4.78, 5) is 66.7. The van der Waals surface area contributed by atoms with Crippen LogP contribution in [0.5, 0.6) is 11.5 Å². The molecule has 2 N–H and O–H groups in total. The summed E-state index contributed by atoms with van der Waals surface area (Å²) in [7, 11) is 3.74. The fourth-order valence-corrected chi connectivity index (χ4v) is 7.22. The zero-order valence-corrected chi connectivity index (χ0v) is 34.8. The van der Waals surface area contributed by atoms with Gasteiger partial charge in [-0.2, -0.15) is 0 Å². The Morgan fingerprint density at radius 3 is 2.16 bits per heavy atom. The lowest BCUT2D eigenvalue weighted by Gasteiger charge is -2.38. The number of carbonyl (C=O) groups is 5. The first-order valence-electron chi connectivity index (χ1n) is 18.2. The number of anilines is 2. The molecule has 15 nitrogen and oxygen atoms in total. The first kappa shape index (κ1) is 42.3. The highest BCUT2D eigenvalue weighted by atomic mass is 28.4. The van der Waals surface area contributed by atoms with Crippen molar-refractivity contribution in [2.45, 2.75) is 64.6 Å². The maximum atomic E-state index is 14.2. The van der Waals surface area contributed by atoms with E-state index >= 15 is 0 Å². The summed E-state index contributed by atoms with van der Waals surface area (Å²) in [5.74, 6) is -0.583. The first-order valence-corrected chi connectivity index (χ1v) is 21.2. The van der Waals surface area contributed by atoms with Gasteiger partial charge < -0.3 is 37.6 Å². The molecule has 3 aromatic rings. The molecule has 2 aliphatic rings. The fraction of sp³-hybridized carbons (Fsp3) is 0.390. The number of ketones is 2. The maximum Gasteiger partial charge on any atom is 0.412 e. The van der Waals surface area contributed by atoms with Crippen LogP contribution >= 0.6 is 0 Å². The molecule has 5 rings (SSSR count). The van der Waals surface area contributed by atoms with Crippen molar-refractivity contribution in [3.05, 3.63) is 94.5 Å². The molecule has 0 radical (unpaired) electrons. The van der Waals surface area contributed by atoms with Gasteiger partial charge in [0.05, 0.1) is 56.5 Å². The molecule has 1 atom stereocenters. The second kappa shape index (κ2) is 17.1. The van der Waals surface area contributed by atoms with Gasteiger partial charge in [-0.25, -0.2) is 9.59 Å². The van der Waals surface area contributed by atoms with E-state index in [0.717, 1.165) is 11.6 Å². The van der Waals surface area contributed by atoms with Gasteiger partial charge in [0, 0.05) is 31.4 Å². The van der Waals surface area contributed by atoms with Crippen molar-refractivity contribution in [2.24, 2.45) is 7.05 Å². The Labute approximate surface area is 333 Å². The molecule has 57 heavy (non-hydrogen) atoms. The average molecular weight is 803 g/mol. The standard InChI is InChI=1S/C41H50N4O11Si/c1-24-15-28(23-56-57(9,10)41(2,3)4)45(20-24)38(48)29-17-33(51-6)34(52-7)18-31(29)43-40(50)54-21-25-11-13-26(14-12-25)42-39(49)55-22-27-16-30-36(44(27)5)32(46)19-35(53-8)37(30)47/h11-14,16-19,28H,1,15,20-23H2,2-10H3,(H,42,49)(H,43,50)/t28-/m0/s1. The summed E-state index contributed by atoms with van der Waals surface area (Å²) in [6.07, 6.45) is 0.156. The minimum Gasteiger partial charge on any atom is -0.493 e. The van der Waals surface area contributed by atoms with Gasteiger partial charge in [0.1, 0.15) is 18.9 Å². The number of fused-ring (bicyclic) bond motifs is 1. The number of hydrogen-bond acceptors (Lipinski definition) is 11. The highest BCUT2D eigenvalue weighted by Gasteiger charge is 2.40. The molecule has 1 saturated heterocycles. The second-order valence-corrected chi connectivity index (χ2v) is 20.1. The van der Waals surface area contributed by atoms with Gasteiger partial charge in [0.15, 0.2) is 25.6 Å². The van der Waals surface area contributed by atoms with E-state index in [0.29, 0.717) is 48.0 Å². The third kappa shape index (κ3) is 9.40. The highest BCUT2D eigenvalue weighted by molar-refractivity contribution is 6.74. The number of nitrogens with zero attached hydrogens (tertiary/aromatic N) is 2. The predicted octanol–water partition coefficient (Wildman–Crippen LogP) is 7.24. The molecule has 2 heterocycles. The molecule has 0 unspecified atom stereocenters. The topological polar surface area (TPSA) is 173 Å². The molecule has 1 aliphatic heterocycles. The number of likely N-dealkylation sites (tertiary alicyclic amines) is 1. The van der Waals surface area contributed by atoms with Gasteiger partial charge in [-0.15, -0.1) is 0 Å². The summed E-state index contributed by atoms with van der Waals surface area (Å²) >= 11 is 0. The van der Waals surface area contributed by atoms with E-state index in [1.54, 1.807) is 36.2 Å². The number of Topliss-reactive ketones (excluding diaryl/α,β-unsaturated/α-hetero) is 1. The molecule has 304 valence electrons. The number of allylic oxidation sites excluding steroid dienone is 2. The largest absolute Gasteiger partial charge is 0.493 e. The smallest absolute Gasteiger partial charge is 0.412 e. The summed E-state index contributed by atoms with van der Waals surface area (Å²) in [5.41, 5.74) is 3.09. The van der Waals surface area contributed by atoms with Gasteiger partial charge in [0.2, 0.25) is 11.6 Å². The van der Waals surface area contributed by atoms with Gasteiger partial charge in [0.25, 0.3) is 5.91 Å². The van der Waals surface area contributed by atoms with Gasteiger partial charge >= 0.3 is 12.2 Å². The van der Waals surface area contributed by atoms with Crippen LogP contribution in [0.25, 0.3) is 0 Å². The van der Waals surface area contributed by atoms with Gasteiger partial charge in [-0.05, 0) is 54.4 Å². The van der Waals surface area contributed by atoms with E-state index in [-0.39, 0.29) is 64.3 Å². The molecule has 0 spiro atoms. The Morgan fingerprint density at radius 2 is 1.53 bits per heavy atom. The van der Waals surface area contributed by atoms with E-state index in [4.69, 9.17) is 28.1 Å². The number of benzene rings is 2. The lowest BCUT2D eigenvalue weighted by molar-refractivity contribution is 0.0686. The summed E-state index contributed by atoms with van der Waals surface area (Å²) in [5, 5.41) is 5.31. The van der Waals surface area contributed by atoms with Crippen LogP contribution in [0.15, 0.2) is 66.5 Å². The van der Waals surface area contributed by atoms with Crippen LogP contribution in [0.3, 0.4) is 0 Å². The van der Waals surface area contributed by atoms with Crippen molar-refractivity contribution in [3.8, 4) is 11.5 Å². The zero-order valence-electron chi connectivity index (χ0n) is 33.8. The van der Waals surface area contributed by atoms with Crippen molar-refractivity contribution in [1.82, 2.24) is 9.47 Å². The van der Waals surface area contributed by atoms with Gasteiger partial charge in [-0.3, -0.25) is 25.0 Å². The van der Waals surface area contributed by atoms with Gasteiger partial charge in [-0.1, -0.05) is 45.1 Å². The lowest BCUT2D eigenvalue weighted by Crippen LogP contribution is -2.46. The molecular weight excluding hydrogens is 753 g/mol. The van der Waals surface area contributed by atoms with E-state index < -0.39 is 26.3 Å². The van der Waals surface area contributed by atoms with Crippen LogP contribution in [0.1, 0.15) is 69.7 Å². The Hall–Kier alpha value is -5.87. The van der Waals surface area contributed by atoms with Crippen LogP contribution < -0.4 is 20.1 Å². The van der Waals surface area contributed by atoms with E-state index in [2.05, 4.69) is 51.1 Å². The third-order valence-corrected chi connectivity index (χ3v) is 15.0. The van der Waals surface area contributed by atoms with Crippen LogP contribution in [0, 0.1) is 0 Å². The minimum atomic E-state index is -2.09. The van der Waals surface area contributed by atoms with Crippen molar-refractivity contribution in [3.63, 3.8) is 0 Å². The average Bonchev–Trinajstić information content (AvgIpc) is 3.72. The highest BCUT2D eigenvalue weighted by Crippen LogP contribution is 2.39. The number of ether oxygens (including phenoxy) is 5. The third-order valence-electron chi connectivity index (χ3n) is 10.5. The Morgan fingerprint density at radius 1 is 0.895 bits per heavy atom. The van der Waals surface area contributed by atoms with Crippen LogP contribution in [0.2, 0.25) is 18.1 Å². The summed E-state index contributed by atoms with van der Waals surface area (Å²) in [6.45, 7) is 15.4. The number of aromatic nitrogens is 1. The normalized spacial score (nSPS) is 15.5. The number of carbonyl (C=O) groups excluding carboxylic acids is 5. The lowest BCUT2D eigenvalue weighted by atomic mass is 10.0. The van der Waals surface area contributed by atoms with E-state index in [1.165, 1.54) is 44.1 Å². The predicted molar refractivity (Wildman–Crippen MR) is 214 cm³/mol. The molecule has 3 amide bonds. The fourth-order valence-electron chi connectivity index (χ4n) is 6.18. The van der Waals surface area contributed by atoms with E-state index in [1.807, 2.05) is 0 Å². The Kier molecular flexibility index (Phi) is 12.7. The first-order chi connectivity index (χ1) is 26.9. The number of methoxy groups -OCH3 is 3. The molecule has 0 bridgehead atoms. The zero-order chi connectivity index (χ0) is 41.8. The minimum absolute atomic E-state index is 0.00141. The number of amides is 3. The van der Waals surface area contributed by atoms with Crippen LogP contribution in [-0.2, 0) is 38.9 Å². The molecule has 1 aliphatic carbocycles. The summed E-state index contributed by atoms with van der Waals surface area (Å²) in [6, 6.07) is 10.8. The quantitative estimate of drug-likeness (QED) is 0.132. The molecule has 16 heteroatoms. The molecular formula is C41H50N4O11Si. The molecule has 1 fully saturated rings. The number of nitrogens with one attached hydrogen (secondary N) is 2. The SMILES string of the molecule is C=C1C[C@@H](CO[Si](C)(C)C(C)(C)C)N(C(=O)c2cc(OC)c(OC)cc2NC(=O)OCc2ccc(NC(=O)OCc3cc4c(n3C)C(=O)C=C(OC)C4=O)cc2)C1. The van der Waals surface area contributed by atoms with Crippen molar-refractivity contribution in [1.29, 1.82) is 0 Å². The monoisotopic (exact) mass is 802 g/mol. The van der Waals surface area contributed by atoms with E-state index in [9.17, 15) is 24.0 Å². The van der Waals surface area contributed by atoms with Crippen LogP contribution in [0.4, 0.5) is 21.0 Å². The number of hydrogen-bond donors (Lipinski definition) is 2. The molecule has 1 aromatic heterocycles. The van der Waals surface area contributed by atoms with Crippen molar-refractivity contribution < 1.29 is 52.1 Å². The van der Waals surface area contributed by atoms with Crippen molar-refractivity contribution >= 4 is 49.4 Å². The second-order valence-electron chi connectivity index (χ2n) is 15.3. The summed E-state index contributed by atoms with van der Waals surface area (Å²) < 4.78 is 34.8. The molecule has 0 saturated carbocycles. The number of rotatable bonds is 13. The van der Waals surface area contributed by atoms with Crippen LogP contribution in [-0.4, -0.2) is 88.0 Å².